The fourth-order valence-corrected chi connectivity index (χ4v) is 16.8. The highest BCUT2D eigenvalue weighted by Crippen LogP contribution is 2.41. The Kier molecular flexibility index (Phi) is 22.3. The van der Waals surface area contributed by atoms with Gasteiger partial charge in [0.2, 0.25) is 0 Å². The van der Waals surface area contributed by atoms with E-state index in [2.05, 4.69) is 83.0 Å². The Morgan fingerprint density at radius 3 is 1.45 bits per heavy atom. The maximum Gasteiger partial charge on any atom is 0.419 e. The standard InChI is InChI=1S/C28H28N2O5.C23H19N3O.C16H19NO3.C12H10ClNO.C12H11NO2.CH5N/c1-28(2,3)35-27(33)30-16-20(18-11-5-6-13-22(18)30)23(26(32)34-4)25(31)21-15-29-14-8-10-17-9-7-12-19(21)24(17)29;27-20-12-25-22(21(20)17-11-24-19-9-2-1-7-15(17)19)18-13-26-10-4-6-14-5-3-8-16(18)23(14)26;1-11(18)9-12-10-17(15(19)20-16(2,3)4)14-8-6-5-7-13(12)14;13-12(15)10-7-14-6-2-4-8-3-1-5-9(10)11(8)14;14-12(15)10-7-13-6-2-4-8-3-1-5-9(10)11(8)13;1-2/h5-7,9,11-13,15-16,23H,8,10,14H2,1-4H3;1-3,5,7-9,11,13,24-25H,4,6,10,12H2;5-8,10H,9H2,1-4H3;1,3,5,7H,2,4,6H2;1,3,5,7H,2,4,6H2,(H,14,15);2H2,1H3. The van der Waals surface area contributed by atoms with E-state index in [-0.39, 0.29) is 22.6 Å². The van der Waals surface area contributed by atoms with Crippen molar-refractivity contribution in [3.8, 4) is 0 Å². The molecule has 0 radical (unpaired) electrons. The van der Waals surface area contributed by atoms with Gasteiger partial charge in [-0.25, -0.2) is 14.4 Å². The molecule has 22 heteroatoms. The number of Topliss-reactive ketones (excluding diaryl/α,β-unsaturated/α-hetero) is 3. The van der Waals surface area contributed by atoms with Crippen LogP contribution in [0.25, 0.3) is 87.6 Å². The number of para-hydroxylation sites is 7. The molecule has 0 spiro atoms. The monoisotopic (exact) mass is 1550 g/mol. The van der Waals surface area contributed by atoms with Crippen LogP contribution < -0.4 is 11.1 Å². The minimum absolute atomic E-state index is 0.0668. The molecule has 12 heterocycles. The van der Waals surface area contributed by atoms with Gasteiger partial charge in [-0.15, -0.1) is 0 Å². The van der Waals surface area contributed by atoms with Crippen LogP contribution in [0.15, 0.2) is 189 Å². The maximum absolute atomic E-state index is 14.0. The van der Waals surface area contributed by atoms with Crippen molar-refractivity contribution in [2.75, 3.05) is 20.7 Å². The Hall–Kier alpha value is -12.3. The average molecular weight is 1550 g/mol. The van der Waals surface area contributed by atoms with E-state index in [1.54, 1.807) is 58.3 Å². The molecule has 0 aliphatic carbocycles. The van der Waals surface area contributed by atoms with Crippen LogP contribution in [-0.2, 0) is 86.9 Å². The molecule has 14 aromatic rings. The molecule has 0 saturated heterocycles. The summed E-state index contributed by atoms with van der Waals surface area (Å²) in [5.74, 6) is -2.87. The highest BCUT2D eigenvalue weighted by atomic mass is 35.5. The number of nitrogens with one attached hydrogen (secondary N) is 2. The Morgan fingerprint density at radius 1 is 0.509 bits per heavy atom. The van der Waals surface area contributed by atoms with Gasteiger partial charge < -0.3 is 53.6 Å². The van der Waals surface area contributed by atoms with Crippen molar-refractivity contribution in [3.63, 3.8) is 0 Å². The zero-order valence-electron chi connectivity index (χ0n) is 65.5. The second-order valence-electron chi connectivity index (χ2n) is 31.1. The van der Waals surface area contributed by atoms with E-state index in [9.17, 15) is 38.4 Å². The van der Waals surface area contributed by atoms with Crippen LogP contribution >= 0.6 is 11.6 Å². The predicted octanol–water partition coefficient (Wildman–Crippen LogP) is 18.0. The number of benzene rings is 7. The summed E-state index contributed by atoms with van der Waals surface area (Å²) in [5, 5.41) is 18.7. The number of halogens is 1. The van der Waals surface area contributed by atoms with Gasteiger partial charge in [0, 0.05) is 141 Å². The van der Waals surface area contributed by atoms with E-state index >= 15 is 0 Å². The van der Waals surface area contributed by atoms with Gasteiger partial charge in [0.15, 0.2) is 11.6 Å². The van der Waals surface area contributed by atoms with Gasteiger partial charge in [0.1, 0.15) is 22.9 Å². The third-order valence-corrected chi connectivity index (χ3v) is 21.5. The number of methoxy groups -OCH3 is 1. The van der Waals surface area contributed by atoms with E-state index in [1.165, 1.54) is 74.6 Å². The molecule has 1 unspecified atom stereocenters. The summed E-state index contributed by atoms with van der Waals surface area (Å²) >= 11 is 5.57. The largest absolute Gasteiger partial charge is 0.478 e. The molecule has 0 bridgehead atoms. The first-order chi connectivity index (χ1) is 54.8. The topological polar surface area (TPSA) is 268 Å². The summed E-state index contributed by atoms with van der Waals surface area (Å²) in [7, 11) is 2.77. The van der Waals surface area contributed by atoms with Gasteiger partial charge in [0.05, 0.1) is 69.2 Å². The van der Waals surface area contributed by atoms with Crippen molar-refractivity contribution in [2.45, 2.75) is 150 Å². The highest BCUT2D eigenvalue weighted by Gasteiger charge is 2.37. The molecule has 1 atom stereocenters. The maximum atomic E-state index is 14.0. The number of rotatable bonds is 10. The predicted molar refractivity (Wildman–Crippen MR) is 447 cm³/mol. The van der Waals surface area contributed by atoms with E-state index < -0.39 is 41.2 Å². The molecule has 19 rings (SSSR count). The van der Waals surface area contributed by atoms with E-state index in [1.807, 2.05) is 124 Å². The number of aromatic nitrogens is 7. The number of carboxylic acids is 1. The molecule has 21 nitrogen and oxygen atoms in total. The van der Waals surface area contributed by atoms with E-state index in [0.29, 0.717) is 46.1 Å². The van der Waals surface area contributed by atoms with Gasteiger partial charge in [-0.2, -0.15) is 0 Å². The summed E-state index contributed by atoms with van der Waals surface area (Å²) in [4.78, 5) is 102. The number of fused-ring (bicyclic) bond motifs is 3. The second kappa shape index (κ2) is 32.4. The zero-order chi connectivity index (χ0) is 80.6. The molecule has 0 amide bonds. The number of ether oxygens (including phenoxy) is 3. The quantitative estimate of drug-likeness (QED) is 0.0326. The summed E-state index contributed by atoms with van der Waals surface area (Å²) in [6.45, 7) is 16.5. The van der Waals surface area contributed by atoms with Crippen LogP contribution in [-0.4, -0.2) is 116 Å². The van der Waals surface area contributed by atoms with Gasteiger partial charge in [-0.1, -0.05) is 127 Å². The van der Waals surface area contributed by atoms with Crippen molar-refractivity contribution in [3.05, 3.63) is 250 Å². The molecule has 5 aliphatic rings. The first kappa shape index (κ1) is 78.4. The number of esters is 1. The molecule has 7 aromatic heterocycles. The Balaban J connectivity index is 0.000000122. The molecule has 584 valence electrons. The summed E-state index contributed by atoms with van der Waals surface area (Å²) < 4.78 is 27.5. The normalized spacial score (nSPS) is 14.1. The lowest BCUT2D eigenvalue weighted by Gasteiger charge is -2.19. The van der Waals surface area contributed by atoms with Crippen LogP contribution in [0.4, 0.5) is 9.59 Å². The average Bonchev–Trinajstić information content (AvgIpc) is 1.59. The van der Waals surface area contributed by atoms with Gasteiger partial charge >= 0.3 is 24.1 Å². The first-order valence-electron chi connectivity index (χ1n) is 38.6. The van der Waals surface area contributed by atoms with Gasteiger partial charge in [-0.05, 0) is 164 Å². The first-order valence-corrected chi connectivity index (χ1v) is 39.0. The number of H-pyrrole nitrogens is 1. The minimum Gasteiger partial charge on any atom is -0.478 e. The summed E-state index contributed by atoms with van der Waals surface area (Å²) in [6.07, 6.45) is 20.8. The molecule has 114 heavy (non-hydrogen) atoms. The number of nitrogens with two attached hydrogens (primary N) is 1. The van der Waals surface area contributed by atoms with Crippen molar-refractivity contribution in [2.24, 2.45) is 5.73 Å². The third kappa shape index (κ3) is 15.4. The highest BCUT2D eigenvalue weighted by molar-refractivity contribution is 6.68. The van der Waals surface area contributed by atoms with Crippen LogP contribution in [0.5, 0.6) is 0 Å². The zero-order valence-corrected chi connectivity index (χ0v) is 66.2. The number of ketones is 3. The SMILES string of the molecule is CC(=O)Cc1cn(C(=O)OC(C)(C)C)c2ccccc12.CN.COC(=O)C(C(=O)c1cn2c3c(cccc13)CCC2)c1cn(C(=O)OC(C)(C)C)c2ccccc12.O=C(Cl)c1cn2c3c(cccc13)CCC2.O=C(O)c1cn2c3c(cccc13)CCC2.O=C1CNC(c2cn3c4c(cccc24)CCC3)=C1c1c[nH]c2ccccc12. The van der Waals surface area contributed by atoms with Crippen molar-refractivity contribution >= 4 is 146 Å². The number of aromatic carboxylic acids is 1. The summed E-state index contributed by atoms with van der Waals surface area (Å²) in [6, 6.07) is 47.4. The molecule has 0 fully saturated rings. The smallest absolute Gasteiger partial charge is 0.419 e. The molecule has 5 N–H and O–H groups in total. The number of carbonyl (C=O) groups is 8. The number of nitrogens with zero attached hydrogens (tertiary/aromatic N) is 6. The Morgan fingerprint density at radius 2 is 0.939 bits per heavy atom. The third-order valence-electron chi connectivity index (χ3n) is 21.3. The van der Waals surface area contributed by atoms with Crippen LogP contribution in [0.1, 0.15) is 156 Å². The number of aryl methyl sites for hydroxylation is 8. The molecule has 5 aliphatic heterocycles. The van der Waals surface area contributed by atoms with Crippen molar-refractivity contribution in [1.29, 1.82) is 0 Å². The number of aromatic amines is 1. The Labute approximate surface area is 663 Å². The molecule has 7 aromatic carbocycles. The van der Waals surface area contributed by atoms with Gasteiger partial charge in [-0.3, -0.25) is 33.1 Å². The number of hydrogen-bond acceptors (Lipinski definition) is 13. The molecular formula is C92H92ClN9O12. The lowest BCUT2D eigenvalue weighted by atomic mass is 9.90. The van der Waals surface area contributed by atoms with Crippen LogP contribution in [0.2, 0.25) is 0 Å². The lowest BCUT2D eigenvalue weighted by molar-refractivity contribution is -0.141. The van der Waals surface area contributed by atoms with Crippen molar-refractivity contribution < 1.29 is 57.7 Å². The molecule has 0 saturated carbocycles. The summed E-state index contributed by atoms with van der Waals surface area (Å²) in [5.41, 5.74) is 22.2. The number of hydrogen-bond donors (Lipinski definition) is 4. The van der Waals surface area contributed by atoms with Crippen molar-refractivity contribution in [1.82, 2.24) is 37.7 Å². The van der Waals surface area contributed by atoms with E-state index in [4.69, 9.17) is 30.9 Å². The van der Waals surface area contributed by atoms with Gasteiger partial charge in [0.25, 0.3) is 5.24 Å². The van der Waals surface area contributed by atoms with Crippen LogP contribution in [0.3, 0.4) is 0 Å². The lowest BCUT2D eigenvalue weighted by Crippen LogP contribution is -2.27. The second-order valence-corrected chi connectivity index (χ2v) is 31.5. The fourth-order valence-electron chi connectivity index (χ4n) is 16.7. The minimum atomic E-state index is -1.22. The van der Waals surface area contributed by atoms with E-state index in [0.717, 1.165) is 148 Å². The fraction of sp³-hybridized carbons (Fsp3) is 0.283. The number of carbonyl (C=O) groups excluding carboxylic acids is 7. The van der Waals surface area contributed by atoms with Crippen LogP contribution in [0, 0.1) is 0 Å². The molecular weight excluding hydrogens is 1460 g/mol. The Bertz CT molecular complexity index is 6110. The number of carboxylic acid groups (broad SMARTS) is 1.